The lowest BCUT2D eigenvalue weighted by Crippen LogP contribution is -2.36. The van der Waals surface area contributed by atoms with Crippen LogP contribution in [0.1, 0.15) is 25.0 Å². The quantitative estimate of drug-likeness (QED) is 0.817. The van der Waals surface area contributed by atoms with E-state index in [4.69, 9.17) is 11.6 Å². The summed E-state index contributed by atoms with van der Waals surface area (Å²) in [5, 5.41) is 8.52. The molecule has 1 aromatic rings. The van der Waals surface area contributed by atoms with Gasteiger partial charge in [-0.1, -0.05) is 11.6 Å². The molecular weight excluding hydrogens is 248 g/mol. The topological polar surface area (TPSA) is 32.3 Å². The second-order valence-corrected chi connectivity index (χ2v) is 5.81. The van der Waals surface area contributed by atoms with Crippen molar-refractivity contribution in [1.29, 1.82) is 0 Å². The second-order valence-electron chi connectivity index (χ2n) is 5.42. The van der Waals surface area contributed by atoms with Gasteiger partial charge in [0, 0.05) is 31.7 Å². The van der Waals surface area contributed by atoms with Gasteiger partial charge in [-0.15, -0.1) is 5.10 Å². The van der Waals surface area contributed by atoms with Crippen LogP contribution >= 0.6 is 11.6 Å². The molecule has 0 amide bonds. The first-order valence-electron chi connectivity index (χ1n) is 6.65. The maximum absolute atomic E-state index is 5.76. The summed E-state index contributed by atoms with van der Waals surface area (Å²) in [6.07, 6.45) is 3.98. The van der Waals surface area contributed by atoms with Crippen LogP contribution in [-0.4, -0.2) is 52.2 Å². The van der Waals surface area contributed by atoms with E-state index in [0.29, 0.717) is 5.15 Å². The third-order valence-electron chi connectivity index (χ3n) is 4.31. The summed E-state index contributed by atoms with van der Waals surface area (Å²) in [5.74, 6) is 0. The molecule has 0 radical (unpaired) electrons. The van der Waals surface area contributed by atoms with E-state index in [1.54, 1.807) is 0 Å². The minimum Gasteiger partial charge on any atom is -0.299 e. The zero-order chi connectivity index (χ0) is 12.5. The Morgan fingerprint density at radius 2 is 2.06 bits per heavy atom. The highest BCUT2D eigenvalue weighted by Crippen LogP contribution is 2.28. The lowest BCUT2D eigenvalue weighted by atomic mass is 10.1. The molecule has 0 spiro atoms. The van der Waals surface area contributed by atoms with Gasteiger partial charge in [-0.2, -0.15) is 5.10 Å². The summed E-state index contributed by atoms with van der Waals surface area (Å²) in [5.41, 5.74) is 1.01. The van der Waals surface area contributed by atoms with Crippen molar-refractivity contribution in [1.82, 2.24) is 20.0 Å². The molecule has 2 unspecified atom stereocenters. The van der Waals surface area contributed by atoms with Crippen LogP contribution in [0, 0.1) is 0 Å². The van der Waals surface area contributed by atoms with Gasteiger partial charge in [0.25, 0.3) is 0 Å². The molecule has 2 aliphatic rings. The number of rotatable bonds is 2. The third kappa shape index (κ3) is 2.51. The molecule has 0 saturated carbocycles. The fraction of sp³-hybridized carbons (Fsp3) is 0.692. The van der Waals surface area contributed by atoms with Crippen molar-refractivity contribution >= 4 is 11.6 Å². The van der Waals surface area contributed by atoms with Crippen LogP contribution in [0.2, 0.25) is 5.15 Å². The Morgan fingerprint density at radius 3 is 2.83 bits per heavy atom. The van der Waals surface area contributed by atoms with E-state index in [2.05, 4.69) is 27.0 Å². The number of aromatic nitrogens is 2. The average Bonchev–Trinajstić information content (AvgIpc) is 2.60. The molecule has 4 nitrogen and oxygen atoms in total. The number of halogens is 1. The van der Waals surface area contributed by atoms with E-state index in [1.807, 2.05) is 12.1 Å². The molecule has 0 aliphatic carbocycles. The molecule has 0 aromatic carbocycles. The van der Waals surface area contributed by atoms with E-state index in [0.717, 1.165) is 37.4 Å². The van der Waals surface area contributed by atoms with E-state index in [9.17, 15) is 0 Å². The van der Waals surface area contributed by atoms with Crippen molar-refractivity contribution in [3.05, 3.63) is 23.0 Å². The van der Waals surface area contributed by atoms with Crippen molar-refractivity contribution in [3.8, 4) is 0 Å². The largest absolute Gasteiger partial charge is 0.299 e. The molecular formula is C13H19ClN4. The Balaban J connectivity index is 1.65. The van der Waals surface area contributed by atoms with E-state index in [-0.39, 0.29) is 0 Å². The normalized spacial score (nSPS) is 29.4. The van der Waals surface area contributed by atoms with Crippen LogP contribution in [0.5, 0.6) is 0 Å². The lowest BCUT2D eigenvalue weighted by Gasteiger charge is -2.25. The highest BCUT2D eigenvalue weighted by molar-refractivity contribution is 6.29. The van der Waals surface area contributed by atoms with Gasteiger partial charge < -0.3 is 0 Å². The molecule has 2 aliphatic heterocycles. The zero-order valence-electron chi connectivity index (χ0n) is 10.7. The van der Waals surface area contributed by atoms with Gasteiger partial charge in [0.2, 0.25) is 0 Å². The van der Waals surface area contributed by atoms with Gasteiger partial charge in [-0.05, 0) is 38.4 Å². The van der Waals surface area contributed by atoms with Crippen molar-refractivity contribution in [2.45, 2.75) is 37.9 Å². The van der Waals surface area contributed by atoms with Gasteiger partial charge in [0.15, 0.2) is 5.15 Å². The first-order chi connectivity index (χ1) is 8.72. The standard InChI is InChI=1S/C13H19ClN4/c1-17-11-3-4-12(17)9-18(7-6-11)8-10-2-5-13(14)16-15-10/h2,5,11-12H,3-4,6-9H2,1H3. The fourth-order valence-electron chi connectivity index (χ4n) is 3.18. The van der Waals surface area contributed by atoms with E-state index < -0.39 is 0 Å². The molecule has 3 rings (SSSR count). The fourth-order valence-corrected chi connectivity index (χ4v) is 3.28. The van der Waals surface area contributed by atoms with E-state index >= 15 is 0 Å². The summed E-state index contributed by atoms with van der Waals surface area (Å²) in [4.78, 5) is 5.06. The maximum atomic E-state index is 5.76. The Bertz CT molecular complexity index is 408. The summed E-state index contributed by atoms with van der Waals surface area (Å²) in [6.45, 7) is 3.20. The molecule has 2 bridgehead atoms. The molecule has 98 valence electrons. The smallest absolute Gasteiger partial charge is 0.151 e. The third-order valence-corrected chi connectivity index (χ3v) is 4.51. The van der Waals surface area contributed by atoms with Crippen molar-refractivity contribution in [2.75, 3.05) is 20.1 Å². The lowest BCUT2D eigenvalue weighted by molar-refractivity contribution is 0.213. The summed E-state index contributed by atoms with van der Waals surface area (Å²) < 4.78 is 0. The summed E-state index contributed by atoms with van der Waals surface area (Å²) in [6, 6.07) is 5.30. The first-order valence-corrected chi connectivity index (χ1v) is 7.02. The molecule has 3 heterocycles. The number of fused-ring (bicyclic) bond motifs is 2. The van der Waals surface area contributed by atoms with Gasteiger partial charge >= 0.3 is 0 Å². The van der Waals surface area contributed by atoms with E-state index in [1.165, 1.54) is 19.3 Å². The SMILES string of the molecule is CN1C2CCC1CN(Cc1ccc(Cl)nn1)CC2. The summed E-state index contributed by atoms with van der Waals surface area (Å²) in [7, 11) is 2.27. The average molecular weight is 267 g/mol. The first kappa shape index (κ1) is 12.3. The molecule has 2 saturated heterocycles. The monoisotopic (exact) mass is 266 g/mol. The number of hydrogen-bond donors (Lipinski definition) is 0. The molecule has 18 heavy (non-hydrogen) atoms. The Kier molecular flexibility index (Phi) is 3.50. The van der Waals surface area contributed by atoms with Crippen LogP contribution < -0.4 is 0 Å². The zero-order valence-corrected chi connectivity index (χ0v) is 11.5. The molecule has 0 N–H and O–H groups in total. The maximum Gasteiger partial charge on any atom is 0.151 e. The molecule has 5 heteroatoms. The summed E-state index contributed by atoms with van der Waals surface area (Å²) >= 11 is 5.76. The van der Waals surface area contributed by atoms with Crippen LogP contribution in [0.3, 0.4) is 0 Å². The minimum absolute atomic E-state index is 0.466. The van der Waals surface area contributed by atoms with Gasteiger partial charge in [0.05, 0.1) is 5.69 Å². The highest BCUT2D eigenvalue weighted by Gasteiger charge is 2.34. The Hall–Kier alpha value is -0.710. The predicted octanol–water partition coefficient (Wildman–Crippen LogP) is 1.80. The molecule has 2 atom stereocenters. The Labute approximate surface area is 113 Å². The van der Waals surface area contributed by atoms with Crippen LogP contribution in [0.4, 0.5) is 0 Å². The van der Waals surface area contributed by atoms with Gasteiger partial charge in [-0.25, -0.2) is 0 Å². The number of likely N-dealkylation sites (tertiary alicyclic amines) is 1. The number of hydrogen-bond acceptors (Lipinski definition) is 4. The van der Waals surface area contributed by atoms with Crippen LogP contribution in [-0.2, 0) is 6.54 Å². The predicted molar refractivity (Wildman–Crippen MR) is 71.5 cm³/mol. The second kappa shape index (κ2) is 5.11. The van der Waals surface area contributed by atoms with Crippen molar-refractivity contribution in [2.24, 2.45) is 0 Å². The van der Waals surface area contributed by atoms with Crippen LogP contribution in [0.15, 0.2) is 12.1 Å². The van der Waals surface area contributed by atoms with Gasteiger partial charge in [-0.3, -0.25) is 9.80 Å². The highest BCUT2D eigenvalue weighted by atomic mass is 35.5. The molecule has 1 aromatic heterocycles. The van der Waals surface area contributed by atoms with Crippen molar-refractivity contribution < 1.29 is 0 Å². The number of likely N-dealkylation sites (N-methyl/N-ethyl adjacent to an activating group) is 1. The minimum atomic E-state index is 0.466. The molecule has 2 fully saturated rings. The van der Waals surface area contributed by atoms with Crippen LogP contribution in [0.25, 0.3) is 0 Å². The van der Waals surface area contributed by atoms with Crippen molar-refractivity contribution in [3.63, 3.8) is 0 Å². The number of nitrogens with zero attached hydrogens (tertiary/aromatic N) is 4. The Morgan fingerprint density at radius 1 is 1.22 bits per heavy atom. The van der Waals surface area contributed by atoms with Gasteiger partial charge in [0.1, 0.15) is 0 Å².